The third kappa shape index (κ3) is 3.48. The summed E-state index contributed by atoms with van der Waals surface area (Å²) in [6.07, 6.45) is 3.29. The zero-order chi connectivity index (χ0) is 19.7. The first-order chi connectivity index (χ1) is 13.5. The van der Waals surface area contributed by atoms with Crippen LogP contribution in [0, 0.1) is 17.0 Å². The lowest BCUT2D eigenvalue weighted by Crippen LogP contribution is -1.96. The molecule has 0 unspecified atom stereocenters. The quantitative estimate of drug-likeness (QED) is 0.273. The predicted molar refractivity (Wildman–Crippen MR) is 104 cm³/mol. The zero-order valence-corrected chi connectivity index (χ0v) is 14.9. The maximum Gasteiger partial charge on any atom is 0.343 e. The summed E-state index contributed by atoms with van der Waals surface area (Å²) in [5, 5.41) is 10.7. The highest BCUT2D eigenvalue weighted by Gasteiger charge is 2.22. The molecule has 0 radical (unpaired) electrons. The summed E-state index contributed by atoms with van der Waals surface area (Å²) in [5.41, 5.74) is 3.06. The topological polar surface area (TPSA) is 82.6 Å². The van der Waals surface area contributed by atoms with Crippen molar-refractivity contribution in [1.82, 2.24) is 0 Å². The van der Waals surface area contributed by atoms with Crippen LogP contribution < -0.4 is 0 Å². The van der Waals surface area contributed by atoms with Gasteiger partial charge in [0.25, 0.3) is 5.69 Å². The maximum atomic E-state index is 12.2. The van der Waals surface area contributed by atoms with E-state index in [1.165, 1.54) is 12.1 Å². The molecule has 4 rings (SSSR count). The van der Waals surface area contributed by atoms with Crippen molar-refractivity contribution < 1.29 is 18.9 Å². The molecule has 28 heavy (non-hydrogen) atoms. The Morgan fingerprint density at radius 1 is 0.929 bits per heavy atom. The van der Waals surface area contributed by atoms with Crippen molar-refractivity contribution in [2.75, 3.05) is 0 Å². The van der Waals surface area contributed by atoms with E-state index in [0.717, 1.165) is 11.1 Å². The van der Waals surface area contributed by atoms with Crippen molar-refractivity contribution in [2.24, 2.45) is 0 Å². The Kier molecular flexibility index (Phi) is 4.37. The average molecular weight is 373 g/mol. The highest BCUT2D eigenvalue weighted by atomic mass is 16.6. The van der Waals surface area contributed by atoms with E-state index in [0.29, 0.717) is 28.4 Å². The number of hydrogen-bond acceptors (Lipinski definition) is 5. The number of aryl methyl sites for hydroxylation is 1. The van der Waals surface area contributed by atoms with Crippen LogP contribution in [-0.2, 0) is 9.53 Å². The summed E-state index contributed by atoms with van der Waals surface area (Å²) in [7, 11) is 0. The van der Waals surface area contributed by atoms with Gasteiger partial charge in [0.2, 0.25) is 0 Å². The lowest BCUT2D eigenvalue weighted by Gasteiger charge is -2.01. The normalized spacial score (nSPS) is 14.8. The Morgan fingerprint density at radius 2 is 1.61 bits per heavy atom. The van der Waals surface area contributed by atoms with Crippen LogP contribution in [-0.4, -0.2) is 10.9 Å². The molecule has 0 amide bonds. The van der Waals surface area contributed by atoms with Gasteiger partial charge < -0.3 is 9.15 Å². The number of cyclic esters (lactones) is 1. The Balaban J connectivity index is 1.58. The number of nitrogens with zero attached hydrogens (tertiary/aromatic N) is 1. The summed E-state index contributed by atoms with van der Waals surface area (Å²) < 4.78 is 11.1. The number of nitro benzene ring substituents is 1. The molecule has 0 atom stereocenters. The first-order valence-corrected chi connectivity index (χ1v) is 8.57. The molecule has 6 heteroatoms. The molecule has 1 aliphatic heterocycles. The maximum absolute atomic E-state index is 12.2. The molecule has 1 aliphatic rings. The van der Waals surface area contributed by atoms with Gasteiger partial charge in [0.05, 0.1) is 10.5 Å². The standard InChI is InChI=1S/C22H15NO5/c1-14-2-4-16(5-3-14)21-13-17(22(24)28-21)12-19-10-11-20(27-19)15-6-8-18(9-7-15)23(25)26/h2-13H,1H3. The Morgan fingerprint density at radius 3 is 2.29 bits per heavy atom. The second kappa shape index (κ2) is 7.00. The van der Waals surface area contributed by atoms with Gasteiger partial charge in [0.1, 0.15) is 17.3 Å². The van der Waals surface area contributed by atoms with Crippen molar-refractivity contribution in [3.8, 4) is 11.3 Å². The molecule has 2 heterocycles. The Labute approximate surface area is 160 Å². The van der Waals surface area contributed by atoms with E-state index in [-0.39, 0.29) is 5.69 Å². The van der Waals surface area contributed by atoms with Gasteiger partial charge in [0.15, 0.2) is 0 Å². The van der Waals surface area contributed by atoms with Gasteiger partial charge in [0, 0.05) is 23.3 Å². The van der Waals surface area contributed by atoms with E-state index in [4.69, 9.17) is 9.15 Å². The van der Waals surface area contributed by atoms with Gasteiger partial charge in [-0.3, -0.25) is 10.1 Å². The van der Waals surface area contributed by atoms with E-state index in [2.05, 4.69) is 0 Å². The molecule has 0 N–H and O–H groups in total. The third-order valence-electron chi connectivity index (χ3n) is 4.35. The highest BCUT2D eigenvalue weighted by molar-refractivity contribution is 6.04. The predicted octanol–water partition coefficient (Wildman–Crippen LogP) is 5.14. The van der Waals surface area contributed by atoms with Crippen molar-refractivity contribution in [2.45, 2.75) is 6.92 Å². The van der Waals surface area contributed by atoms with E-state index in [1.807, 2.05) is 31.2 Å². The van der Waals surface area contributed by atoms with Crippen LogP contribution in [0.15, 0.2) is 76.7 Å². The van der Waals surface area contributed by atoms with Gasteiger partial charge in [-0.05, 0) is 43.3 Å². The van der Waals surface area contributed by atoms with Crippen LogP contribution in [0.3, 0.4) is 0 Å². The SMILES string of the molecule is Cc1ccc(C2=CC(=Cc3ccc(-c4ccc([N+](=O)[O-])cc4)o3)C(=O)O2)cc1. The highest BCUT2D eigenvalue weighted by Crippen LogP contribution is 2.29. The number of ether oxygens (including phenoxy) is 1. The molecule has 0 spiro atoms. The molecular formula is C22H15NO5. The van der Waals surface area contributed by atoms with Crippen LogP contribution in [0.4, 0.5) is 5.69 Å². The molecule has 1 aromatic heterocycles. The molecule has 138 valence electrons. The van der Waals surface area contributed by atoms with Crippen LogP contribution in [0.1, 0.15) is 16.9 Å². The monoisotopic (exact) mass is 373 g/mol. The molecule has 0 bridgehead atoms. The number of carbonyl (C=O) groups excluding carboxylic acids is 1. The van der Waals surface area contributed by atoms with Gasteiger partial charge in [-0.1, -0.05) is 29.8 Å². The van der Waals surface area contributed by atoms with Crippen LogP contribution in [0.25, 0.3) is 23.2 Å². The summed E-state index contributed by atoms with van der Waals surface area (Å²) in [6.45, 7) is 1.99. The fourth-order valence-electron chi connectivity index (χ4n) is 2.84. The molecule has 0 saturated heterocycles. The first-order valence-electron chi connectivity index (χ1n) is 8.57. The molecule has 6 nitrogen and oxygen atoms in total. The average Bonchev–Trinajstić information content (AvgIpc) is 3.30. The van der Waals surface area contributed by atoms with E-state index in [1.54, 1.807) is 36.4 Å². The second-order valence-electron chi connectivity index (χ2n) is 6.37. The van der Waals surface area contributed by atoms with Crippen molar-refractivity contribution in [3.63, 3.8) is 0 Å². The number of hydrogen-bond donors (Lipinski definition) is 0. The van der Waals surface area contributed by atoms with Gasteiger partial charge >= 0.3 is 5.97 Å². The van der Waals surface area contributed by atoms with Crippen molar-refractivity contribution >= 4 is 23.5 Å². The minimum absolute atomic E-state index is 0.0140. The number of rotatable bonds is 4. The third-order valence-corrected chi connectivity index (χ3v) is 4.35. The van der Waals surface area contributed by atoms with E-state index in [9.17, 15) is 14.9 Å². The Hall–Kier alpha value is -3.93. The number of carbonyl (C=O) groups is 1. The van der Waals surface area contributed by atoms with E-state index >= 15 is 0 Å². The minimum atomic E-state index is -0.453. The lowest BCUT2D eigenvalue weighted by atomic mass is 10.1. The smallest absolute Gasteiger partial charge is 0.343 e. The minimum Gasteiger partial charge on any atom is -0.457 e. The number of benzene rings is 2. The fraction of sp³-hybridized carbons (Fsp3) is 0.0455. The van der Waals surface area contributed by atoms with E-state index < -0.39 is 10.9 Å². The largest absolute Gasteiger partial charge is 0.457 e. The van der Waals surface area contributed by atoms with Gasteiger partial charge in [-0.25, -0.2) is 4.79 Å². The molecule has 2 aromatic carbocycles. The van der Waals surface area contributed by atoms with Gasteiger partial charge in [-0.15, -0.1) is 0 Å². The molecule has 0 saturated carbocycles. The number of furan rings is 1. The second-order valence-corrected chi connectivity index (χ2v) is 6.37. The fourth-order valence-corrected chi connectivity index (χ4v) is 2.84. The summed E-state index contributed by atoms with van der Waals surface area (Å²) in [5.74, 6) is 1.10. The van der Waals surface area contributed by atoms with Crippen molar-refractivity contribution in [1.29, 1.82) is 0 Å². The molecule has 0 fully saturated rings. The molecule has 0 aliphatic carbocycles. The molecular weight excluding hydrogens is 358 g/mol. The Bertz CT molecular complexity index is 1120. The number of esters is 1. The van der Waals surface area contributed by atoms with Crippen LogP contribution >= 0.6 is 0 Å². The summed E-state index contributed by atoms with van der Waals surface area (Å²) >= 11 is 0. The zero-order valence-electron chi connectivity index (χ0n) is 14.9. The first kappa shape index (κ1) is 17.5. The summed E-state index contributed by atoms with van der Waals surface area (Å²) in [4.78, 5) is 22.5. The lowest BCUT2D eigenvalue weighted by molar-refractivity contribution is -0.384. The van der Waals surface area contributed by atoms with Crippen LogP contribution in [0.5, 0.6) is 0 Å². The molecule has 3 aromatic rings. The van der Waals surface area contributed by atoms with Crippen molar-refractivity contribution in [3.05, 3.63) is 99.3 Å². The summed E-state index contributed by atoms with van der Waals surface area (Å²) in [6, 6.07) is 17.3. The van der Waals surface area contributed by atoms with Gasteiger partial charge in [-0.2, -0.15) is 0 Å². The number of nitro groups is 1. The van der Waals surface area contributed by atoms with Crippen LogP contribution in [0.2, 0.25) is 0 Å². The number of non-ortho nitro benzene ring substituents is 1.